The molecule has 0 aliphatic carbocycles. The summed E-state index contributed by atoms with van der Waals surface area (Å²) >= 11 is 3.31. The highest BCUT2D eigenvalue weighted by molar-refractivity contribution is 9.10. The van der Waals surface area contributed by atoms with Crippen LogP contribution in [0.15, 0.2) is 45.9 Å². The topological polar surface area (TPSA) is 50.4 Å². The zero-order chi connectivity index (χ0) is 15.4. The van der Waals surface area contributed by atoms with Crippen LogP contribution in [0.1, 0.15) is 16.7 Å². The molecule has 21 heavy (non-hydrogen) atoms. The Kier molecular flexibility index (Phi) is 4.96. The van der Waals surface area contributed by atoms with Gasteiger partial charge in [-0.25, -0.2) is 9.38 Å². The van der Waals surface area contributed by atoms with E-state index in [1.54, 1.807) is 12.1 Å². The number of hydrogen-bond acceptors (Lipinski definition) is 1. The maximum Gasteiger partial charge on any atom is 0.193 e. The summed E-state index contributed by atoms with van der Waals surface area (Å²) in [5.74, 6) is -0.0291. The van der Waals surface area contributed by atoms with Crippen molar-refractivity contribution in [2.45, 2.75) is 20.4 Å². The molecule has 0 fully saturated rings. The van der Waals surface area contributed by atoms with Gasteiger partial charge in [-0.15, -0.1) is 0 Å². The van der Waals surface area contributed by atoms with E-state index >= 15 is 0 Å². The van der Waals surface area contributed by atoms with Crippen molar-refractivity contribution in [3.05, 3.63) is 63.4 Å². The zero-order valence-corrected chi connectivity index (χ0v) is 13.5. The van der Waals surface area contributed by atoms with E-state index < -0.39 is 0 Å². The summed E-state index contributed by atoms with van der Waals surface area (Å²) in [6, 6.07) is 10.7. The molecule has 0 aromatic heterocycles. The third kappa shape index (κ3) is 4.29. The molecule has 0 radical (unpaired) electrons. The van der Waals surface area contributed by atoms with Crippen LogP contribution in [0.25, 0.3) is 0 Å². The molecule has 2 aromatic carbocycles. The van der Waals surface area contributed by atoms with Gasteiger partial charge in [-0.1, -0.05) is 22.0 Å². The average molecular weight is 350 g/mol. The summed E-state index contributed by atoms with van der Waals surface area (Å²) in [6.45, 7) is 4.27. The Morgan fingerprint density at radius 2 is 1.95 bits per heavy atom. The molecule has 3 nitrogen and oxygen atoms in total. The molecule has 0 saturated heterocycles. The fourth-order valence-corrected chi connectivity index (χ4v) is 2.25. The number of aryl methyl sites for hydroxylation is 2. The lowest BCUT2D eigenvalue weighted by Crippen LogP contribution is -2.22. The van der Waals surface area contributed by atoms with Crippen molar-refractivity contribution >= 4 is 27.6 Å². The predicted molar refractivity (Wildman–Crippen MR) is 89.0 cm³/mol. The third-order valence-electron chi connectivity index (χ3n) is 3.21. The van der Waals surface area contributed by atoms with Crippen LogP contribution in [-0.4, -0.2) is 5.96 Å². The van der Waals surface area contributed by atoms with Crippen molar-refractivity contribution in [3.63, 3.8) is 0 Å². The van der Waals surface area contributed by atoms with Gasteiger partial charge in [-0.05, 0) is 55.3 Å². The minimum atomic E-state index is -0.291. The number of rotatable bonds is 3. The maximum atomic E-state index is 13.6. The normalized spacial score (nSPS) is 11.5. The first kappa shape index (κ1) is 15.5. The van der Waals surface area contributed by atoms with E-state index in [2.05, 4.69) is 26.2 Å². The number of benzene rings is 2. The van der Waals surface area contributed by atoms with Crippen LogP contribution in [0.4, 0.5) is 10.1 Å². The number of nitrogens with two attached hydrogens (primary N) is 1. The molecule has 0 bridgehead atoms. The highest BCUT2D eigenvalue weighted by Gasteiger charge is 2.03. The largest absolute Gasteiger partial charge is 0.370 e. The molecule has 0 aliphatic heterocycles. The van der Waals surface area contributed by atoms with Gasteiger partial charge in [0.1, 0.15) is 5.82 Å². The van der Waals surface area contributed by atoms with Gasteiger partial charge in [0.15, 0.2) is 5.96 Å². The van der Waals surface area contributed by atoms with Gasteiger partial charge in [0, 0.05) is 15.7 Å². The lowest BCUT2D eigenvalue weighted by molar-refractivity contribution is 0.610. The van der Waals surface area contributed by atoms with Crippen LogP contribution in [0.3, 0.4) is 0 Å². The average Bonchev–Trinajstić information content (AvgIpc) is 2.44. The smallest absolute Gasteiger partial charge is 0.193 e. The second kappa shape index (κ2) is 6.72. The summed E-state index contributed by atoms with van der Waals surface area (Å²) in [7, 11) is 0. The third-order valence-corrected chi connectivity index (χ3v) is 3.70. The first-order valence-electron chi connectivity index (χ1n) is 6.54. The molecule has 5 heteroatoms. The van der Waals surface area contributed by atoms with Crippen LogP contribution < -0.4 is 11.1 Å². The van der Waals surface area contributed by atoms with Crippen LogP contribution in [0.2, 0.25) is 0 Å². The van der Waals surface area contributed by atoms with Crippen molar-refractivity contribution in [3.8, 4) is 0 Å². The van der Waals surface area contributed by atoms with Crippen molar-refractivity contribution < 1.29 is 4.39 Å². The number of hydrogen-bond donors (Lipinski definition) is 2. The summed E-state index contributed by atoms with van der Waals surface area (Å²) in [5.41, 5.74) is 9.59. The zero-order valence-electron chi connectivity index (χ0n) is 12.0. The summed E-state index contributed by atoms with van der Waals surface area (Å²) in [5, 5.41) is 3.01. The number of aliphatic imine (C=N–C) groups is 1. The Morgan fingerprint density at radius 1 is 1.19 bits per heavy atom. The van der Waals surface area contributed by atoms with Crippen LogP contribution in [0.5, 0.6) is 0 Å². The minimum Gasteiger partial charge on any atom is -0.370 e. The van der Waals surface area contributed by atoms with Crippen LogP contribution in [0, 0.1) is 19.7 Å². The first-order valence-corrected chi connectivity index (χ1v) is 7.33. The fraction of sp³-hybridized carbons (Fsp3) is 0.188. The highest BCUT2D eigenvalue weighted by atomic mass is 79.9. The number of nitrogens with zero attached hydrogens (tertiary/aromatic N) is 1. The Bertz CT molecular complexity index is 683. The van der Waals surface area contributed by atoms with E-state index in [1.807, 2.05) is 32.0 Å². The van der Waals surface area contributed by atoms with Gasteiger partial charge in [-0.3, -0.25) is 0 Å². The van der Waals surface area contributed by atoms with Crippen molar-refractivity contribution in [2.24, 2.45) is 10.7 Å². The summed E-state index contributed by atoms with van der Waals surface area (Å²) in [4.78, 5) is 4.17. The van der Waals surface area contributed by atoms with E-state index in [4.69, 9.17) is 5.73 Å². The molecular formula is C16H17BrFN3. The molecular weight excluding hydrogens is 333 g/mol. The van der Waals surface area contributed by atoms with Crippen molar-refractivity contribution in [2.75, 3.05) is 5.32 Å². The van der Waals surface area contributed by atoms with Crippen molar-refractivity contribution in [1.29, 1.82) is 0 Å². The number of anilines is 1. The number of nitrogens with one attached hydrogen (secondary N) is 1. The van der Waals surface area contributed by atoms with E-state index in [0.717, 1.165) is 10.2 Å². The monoisotopic (exact) mass is 349 g/mol. The molecule has 110 valence electrons. The van der Waals surface area contributed by atoms with Gasteiger partial charge in [-0.2, -0.15) is 0 Å². The lowest BCUT2D eigenvalue weighted by Gasteiger charge is -2.08. The Labute approximate surface area is 132 Å². The Morgan fingerprint density at radius 3 is 2.67 bits per heavy atom. The molecule has 0 heterocycles. The SMILES string of the molecule is Cc1ccc(NC(N)=NCc2cc(Br)ccc2F)cc1C. The van der Waals surface area contributed by atoms with Gasteiger partial charge >= 0.3 is 0 Å². The second-order valence-corrected chi connectivity index (χ2v) is 5.78. The molecule has 2 aromatic rings. The first-order chi connectivity index (χ1) is 9.95. The number of guanidine groups is 1. The van der Waals surface area contributed by atoms with Gasteiger partial charge in [0.2, 0.25) is 0 Å². The molecule has 0 aliphatic rings. The van der Waals surface area contributed by atoms with Crippen molar-refractivity contribution in [1.82, 2.24) is 0 Å². The maximum absolute atomic E-state index is 13.6. The molecule has 3 N–H and O–H groups in total. The minimum absolute atomic E-state index is 0.189. The van der Waals surface area contributed by atoms with Crippen LogP contribution in [-0.2, 0) is 6.54 Å². The van der Waals surface area contributed by atoms with Gasteiger partial charge in [0.25, 0.3) is 0 Å². The molecule has 0 unspecified atom stereocenters. The molecule has 0 spiro atoms. The quantitative estimate of drug-likeness (QED) is 0.646. The van der Waals surface area contributed by atoms with Gasteiger partial charge in [0.05, 0.1) is 6.54 Å². The molecule has 0 saturated carbocycles. The summed E-state index contributed by atoms with van der Waals surface area (Å²) < 4.78 is 14.4. The predicted octanol–water partition coefficient (Wildman–Crippen LogP) is 4.13. The number of halogens is 2. The van der Waals surface area contributed by atoms with E-state index in [-0.39, 0.29) is 18.3 Å². The van der Waals surface area contributed by atoms with Gasteiger partial charge < -0.3 is 11.1 Å². The molecule has 0 atom stereocenters. The van der Waals surface area contributed by atoms with E-state index in [0.29, 0.717) is 5.56 Å². The lowest BCUT2D eigenvalue weighted by atomic mass is 10.1. The Hall–Kier alpha value is -1.88. The molecule has 0 amide bonds. The fourth-order valence-electron chi connectivity index (χ4n) is 1.84. The highest BCUT2D eigenvalue weighted by Crippen LogP contribution is 2.17. The van der Waals surface area contributed by atoms with E-state index in [9.17, 15) is 4.39 Å². The Balaban J connectivity index is 2.07. The van der Waals surface area contributed by atoms with Crippen LogP contribution >= 0.6 is 15.9 Å². The molecule has 2 rings (SSSR count). The second-order valence-electron chi connectivity index (χ2n) is 4.86. The summed E-state index contributed by atoms with van der Waals surface area (Å²) in [6.07, 6.45) is 0. The van der Waals surface area contributed by atoms with E-state index in [1.165, 1.54) is 17.2 Å². The standard InChI is InChI=1S/C16H17BrFN3/c1-10-3-5-14(7-11(10)2)21-16(19)20-9-12-8-13(17)4-6-15(12)18/h3-8H,9H2,1-2H3,(H3,19,20,21).